The number of hydrogen-bond acceptors (Lipinski definition) is 5. The summed E-state index contributed by atoms with van der Waals surface area (Å²) in [5.74, 6) is 1.09. The molecule has 29 heavy (non-hydrogen) atoms. The van der Waals surface area contributed by atoms with Gasteiger partial charge in [-0.15, -0.1) is 11.8 Å². The molecule has 6 heteroatoms. The first-order chi connectivity index (χ1) is 14.0. The van der Waals surface area contributed by atoms with Gasteiger partial charge in [-0.1, -0.05) is 35.9 Å². The largest absolute Gasteiger partial charge is 0.508 e. The molecule has 1 unspecified atom stereocenters. The molecule has 0 saturated heterocycles. The molecule has 0 saturated carbocycles. The molecule has 148 valence electrons. The van der Waals surface area contributed by atoms with Crippen molar-refractivity contribution in [3.8, 4) is 17.2 Å². The number of fused-ring (bicyclic) bond motifs is 1. The van der Waals surface area contributed by atoms with Crippen LogP contribution in [0.1, 0.15) is 28.4 Å². The first kappa shape index (κ1) is 19.7. The summed E-state index contributed by atoms with van der Waals surface area (Å²) in [7, 11) is 1.63. The second kappa shape index (κ2) is 8.01. The molecular formula is C23H20ClNO3S. The fraction of sp³-hybridized carbons (Fsp3) is 0.174. The summed E-state index contributed by atoms with van der Waals surface area (Å²) in [5, 5.41) is 21.5. The Bertz CT molecular complexity index is 1110. The van der Waals surface area contributed by atoms with Gasteiger partial charge in [-0.25, -0.2) is 0 Å². The quantitative estimate of drug-likeness (QED) is 0.507. The maximum absolute atomic E-state index is 10.6. The Hall–Kier alpha value is -2.63. The number of aliphatic imine (C=N–C) groups is 1. The number of phenols is 2. The fourth-order valence-electron chi connectivity index (χ4n) is 3.42. The van der Waals surface area contributed by atoms with Crippen LogP contribution in [0.25, 0.3) is 0 Å². The number of para-hydroxylation sites is 1. The van der Waals surface area contributed by atoms with Crippen LogP contribution >= 0.6 is 23.4 Å². The number of thioether (sulfide) groups is 1. The van der Waals surface area contributed by atoms with Crippen molar-refractivity contribution in [1.29, 1.82) is 0 Å². The summed E-state index contributed by atoms with van der Waals surface area (Å²) in [6, 6.07) is 16.4. The lowest BCUT2D eigenvalue weighted by Gasteiger charge is -2.18. The highest BCUT2D eigenvalue weighted by atomic mass is 35.5. The third-order valence-electron chi connectivity index (χ3n) is 4.94. The highest BCUT2D eigenvalue weighted by molar-refractivity contribution is 7.99. The molecule has 4 nitrogen and oxygen atoms in total. The number of nitrogens with zero attached hydrogens (tertiary/aromatic N) is 1. The Balaban J connectivity index is 1.91. The summed E-state index contributed by atoms with van der Waals surface area (Å²) in [6.07, 6.45) is 0.507. The van der Waals surface area contributed by atoms with E-state index in [9.17, 15) is 10.2 Å². The highest BCUT2D eigenvalue weighted by Gasteiger charge is 2.27. The normalized spacial score (nSPS) is 16.0. The number of aromatic hydroxyl groups is 2. The Morgan fingerprint density at radius 2 is 1.86 bits per heavy atom. The minimum Gasteiger partial charge on any atom is -0.508 e. The summed E-state index contributed by atoms with van der Waals surface area (Å²) < 4.78 is 5.56. The highest BCUT2D eigenvalue weighted by Crippen LogP contribution is 2.51. The van der Waals surface area contributed by atoms with Gasteiger partial charge in [-0.05, 0) is 42.8 Å². The van der Waals surface area contributed by atoms with Crippen LogP contribution in [0.2, 0.25) is 5.02 Å². The number of phenolic OH excluding ortho intramolecular Hbond substituents is 2. The van der Waals surface area contributed by atoms with Crippen molar-refractivity contribution in [2.24, 2.45) is 4.99 Å². The van der Waals surface area contributed by atoms with E-state index in [1.165, 1.54) is 0 Å². The molecule has 0 fully saturated rings. The summed E-state index contributed by atoms with van der Waals surface area (Å²) in [5.41, 5.74) is 3.67. The van der Waals surface area contributed by atoms with Gasteiger partial charge in [-0.3, -0.25) is 4.99 Å². The summed E-state index contributed by atoms with van der Waals surface area (Å²) in [4.78, 5) is 5.77. The van der Waals surface area contributed by atoms with E-state index in [0.717, 1.165) is 27.5 Å². The van der Waals surface area contributed by atoms with Crippen molar-refractivity contribution in [2.45, 2.75) is 23.5 Å². The Labute approximate surface area is 178 Å². The zero-order chi connectivity index (χ0) is 20.5. The van der Waals surface area contributed by atoms with E-state index in [1.807, 2.05) is 37.3 Å². The van der Waals surface area contributed by atoms with Crippen LogP contribution < -0.4 is 4.74 Å². The molecule has 0 spiro atoms. The molecule has 4 rings (SSSR count). The Morgan fingerprint density at radius 3 is 2.62 bits per heavy atom. The van der Waals surface area contributed by atoms with Gasteiger partial charge in [0.15, 0.2) is 0 Å². The summed E-state index contributed by atoms with van der Waals surface area (Å²) >= 11 is 7.93. The topological polar surface area (TPSA) is 62.0 Å². The number of benzene rings is 3. The number of hydrogen-bond donors (Lipinski definition) is 2. The van der Waals surface area contributed by atoms with Gasteiger partial charge in [0.05, 0.1) is 23.4 Å². The maximum Gasteiger partial charge on any atom is 0.134 e. The number of ether oxygens (including phenoxy) is 1. The average Bonchev–Trinajstić information content (AvgIpc) is 2.90. The van der Waals surface area contributed by atoms with Crippen molar-refractivity contribution in [1.82, 2.24) is 0 Å². The van der Waals surface area contributed by atoms with Crippen LogP contribution in [0, 0.1) is 6.92 Å². The molecule has 0 aromatic heterocycles. The first-order valence-corrected chi connectivity index (χ1v) is 10.4. The fourth-order valence-corrected chi connectivity index (χ4v) is 4.94. The van der Waals surface area contributed by atoms with Gasteiger partial charge >= 0.3 is 0 Å². The molecule has 1 aliphatic heterocycles. The zero-order valence-electron chi connectivity index (χ0n) is 16.0. The van der Waals surface area contributed by atoms with Gasteiger partial charge < -0.3 is 14.9 Å². The monoisotopic (exact) mass is 425 g/mol. The van der Waals surface area contributed by atoms with Crippen LogP contribution in [0.4, 0.5) is 5.69 Å². The number of halogens is 1. The lowest BCUT2D eigenvalue weighted by molar-refractivity contribution is 0.405. The van der Waals surface area contributed by atoms with E-state index in [0.29, 0.717) is 22.7 Å². The second-order valence-corrected chi connectivity index (χ2v) is 8.48. The molecule has 1 atom stereocenters. The molecule has 0 bridgehead atoms. The lowest BCUT2D eigenvalue weighted by atomic mass is 9.99. The summed E-state index contributed by atoms with van der Waals surface area (Å²) in [6.45, 7) is 1.85. The predicted molar refractivity (Wildman–Crippen MR) is 118 cm³/mol. The van der Waals surface area contributed by atoms with E-state index in [2.05, 4.69) is 0 Å². The van der Waals surface area contributed by atoms with Gasteiger partial charge in [0.1, 0.15) is 17.2 Å². The minimum absolute atomic E-state index is 0.119. The molecule has 3 aromatic carbocycles. The smallest absolute Gasteiger partial charge is 0.134 e. The molecule has 0 amide bonds. The molecule has 3 aromatic rings. The van der Waals surface area contributed by atoms with Crippen LogP contribution in [-0.4, -0.2) is 23.0 Å². The van der Waals surface area contributed by atoms with Gasteiger partial charge in [0.25, 0.3) is 0 Å². The number of methoxy groups -OCH3 is 1. The number of aryl methyl sites for hydroxylation is 1. The van der Waals surface area contributed by atoms with E-state index in [1.54, 1.807) is 43.1 Å². The molecule has 0 radical (unpaired) electrons. The molecule has 0 aliphatic carbocycles. The minimum atomic E-state index is -0.119. The standard InChI is InChI=1S/C23H20ClNO3S/c1-13-10-20(27)15(11-16(13)24)18-12-22(14-6-3-4-8-19(14)26)29-23-17(25-18)7-5-9-21(23)28-2/h3-11,22,26-27H,12H2,1-2H3. The van der Waals surface area contributed by atoms with Gasteiger partial charge in [-0.2, -0.15) is 0 Å². The van der Waals surface area contributed by atoms with E-state index < -0.39 is 0 Å². The van der Waals surface area contributed by atoms with Crippen LogP contribution in [0.5, 0.6) is 17.2 Å². The van der Waals surface area contributed by atoms with Crippen molar-refractivity contribution in [2.75, 3.05) is 7.11 Å². The second-order valence-electron chi connectivity index (χ2n) is 6.85. The van der Waals surface area contributed by atoms with Crippen LogP contribution in [0.15, 0.2) is 64.5 Å². The average molecular weight is 426 g/mol. The van der Waals surface area contributed by atoms with E-state index in [-0.39, 0.29) is 16.7 Å². The molecule has 1 heterocycles. The molecular weight excluding hydrogens is 406 g/mol. The first-order valence-electron chi connectivity index (χ1n) is 9.16. The Kier molecular flexibility index (Phi) is 5.43. The third-order valence-corrected chi connectivity index (χ3v) is 6.70. The van der Waals surface area contributed by atoms with Crippen molar-refractivity contribution >= 4 is 34.8 Å². The van der Waals surface area contributed by atoms with Crippen LogP contribution in [0.3, 0.4) is 0 Å². The third kappa shape index (κ3) is 3.80. The van der Waals surface area contributed by atoms with E-state index in [4.69, 9.17) is 21.3 Å². The predicted octanol–water partition coefficient (Wildman–Crippen LogP) is 6.43. The van der Waals surface area contributed by atoms with Gasteiger partial charge in [0, 0.05) is 27.8 Å². The molecule has 1 aliphatic rings. The van der Waals surface area contributed by atoms with Gasteiger partial charge in [0.2, 0.25) is 0 Å². The van der Waals surface area contributed by atoms with Crippen molar-refractivity contribution in [3.63, 3.8) is 0 Å². The Morgan fingerprint density at radius 1 is 1.07 bits per heavy atom. The lowest BCUT2D eigenvalue weighted by Crippen LogP contribution is -2.06. The van der Waals surface area contributed by atoms with E-state index >= 15 is 0 Å². The molecule has 2 N–H and O–H groups in total. The zero-order valence-corrected chi connectivity index (χ0v) is 17.6. The maximum atomic E-state index is 10.6. The van der Waals surface area contributed by atoms with Crippen molar-refractivity contribution in [3.05, 3.63) is 76.3 Å². The van der Waals surface area contributed by atoms with Crippen molar-refractivity contribution < 1.29 is 14.9 Å². The number of rotatable bonds is 3. The van der Waals surface area contributed by atoms with Crippen LogP contribution in [-0.2, 0) is 0 Å². The SMILES string of the molecule is COc1cccc2c1SC(c1ccccc1O)CC(c1cc(Cl)c(C)cc1O)=N2.